The molecule has 0 spiro atoms. The Morgan fingerprint density at radius 2 is 2.07 bits per heavy atom. The molecule has 1 heterocycles. The van der Waals surface area contributed by atoms with Crippen LogP contribution in [0, 0.1) is 0 Å². The molecule has 1 aromatic heterocycles. The minimum Gasteiger partial charge on any atom is -0.274 e. The van der Waals surface area contributed by atoms with Gasteiger partial charge in [-0.1, -0.05) is 6.08 Å². The lowest BCUT2D eigenvalue weighted by Gasteiger charge is -1.88. The molecule has 1 aromatic rings. The molecule has 0 amide bonds. The van der Waals surface area contributed by atoms with Gasteiger partial charge < -0.3 is 0 Å². The minimum atomic E-state index is 0.768. The molecule has 72 valence electrons. The van der Waals surface area contributed by atoms with Gasteiger partial charge in [-0.15, -0.1) is 0 Å². The van der Waals surface area contributed by atoms with Gasteiger partial charge in [0.2, 0.25) is 0 Å². The van der Waals surface area contributed by atoms with E-state index in [0.29, 0.717) is 0 Å². The Hall–Kier alpha value is -1.77. The van der Waals surface area contributed by atoms with Crippen molar-refractivity contribution in [3.05, 3.63) is 36.2 Å². The first kappa shape index (κ1) is 10.3. The normalized spacial score (nSPS) is 12.9. The van der Waals surface area contributed by atoms with Crippen LogP contribution in [0.15, 0.2) is 40.6 Å². The van der Waals surface area contributed by atoms with E-state index in [9.17, 15) is 0 Å². The van der Waals surface area contributed by atoms with E-state index in [0.717, 1.165) is 11.4 Å². The molecule has 0 aliphatic heterocycles. The summed E-state index contributed by atoms with van der Waals surface area (Å²) in [5.74, 6) is 0.768. The zero-order valence-corrected chi connectivity index (χ0v) is 8.38. The Morgan fingerprint density at radius 3 is 2.71 bits per heavy atom. The third-order valence-corrected chi connectivity index (χ3v) is 1.67. The van der Waals surface area contributed by atoms with Crippen molar-refractivity contribution in [3.8, 4) is 0 Å². The van der Waals surface area contributed by atoms with E-state index in [-0.39, 0.29) is 0 Å². The molecule has 0 aliphatic carbocycles. The van der Waals surface area contributed by atoms with Gasteiger partial charge in [0.05, 0.1) is 0 Å². The summed E-state index contributed by atoms with van der Waals surface area (Å²) in [5, 5.41) is 0. The summed E-state index contributed by atoms with van der Waals surface area (Å²) < 4.78 is 0. The van der Waals surface area contributed by atoms with Crippen LogP contribution < -0.4 is 0 Å². The maximum absolute atomic E-state index is 4.08. The van der Waals surface area contributed by atoms with Crippen LogP contribution in [-0.4, -0.2) is 24.1 Å². The number of allylic oxidation sites excluding steroid dienone is 1. The molecule has 0 unspecified atom stereocenters. The average molecular weight is 187 g/mol. The summed E-state index contributed by atoms with van der Waals surface area (Å²) in [5.41, 5.74) is 1.11. The van der Waals surface area contributed by atoms with Crippen molar-refractivity contribution in [2.45, 2.75) is 6.92 Å². The van der Waals surface area contributed by atoms with Gasteiger partial charge in [0.25, 0.3) is 0 Å². The number of aliphatic imine (C=N–C) groups is 2. The van der Waals surface area contributed by atoms with Crippen LogP contribution >= 0.6 is 0 Å². The molecule has 1 rings (SSSR count). The van der Waals surface area contributed by atoms with E-state index < -0.39 is 0 Å². The first-order valence-corrected chi connectivity index (χ1v) is 4.37. The highest BCUT2D eigenvalue weighted by atomic mass is 14.9. The first-order chi connectivity index (χ1) is 6.83. The molecule has 0 N–H and O–H groups in total. The average Bonchev–Trinajstić information content (AvgIpc) is 2.25. The summed E-state index contributed by atoms with van der Waals surface area (Å²) in [4.78, 5) is 11.9. The SMILES string of the molecule is CN=C(C)N=C/C=C/c1ccncc1. The molecule has 0 atom stereocenters. The first-order valence-electron chi connectivity index (χ1n) is 4.37. The van der Waals surface area contributed by atoms with Gasteiger partial charge in [-0.3, -0.25) is 9.98 Å². The molecule has 0 aliphatic rings. The summed E-state index contributed by atoms with van der Waals surface area (Å²) in [7, 11) is 1.72. The van der Waals surface area contributed by atoms with Crippen LogP contribution in [0.3, 0.4) is 0 Å². The number of rotatable bonds is 2. The maximum atomic E-state index is 4.08. The Labute approximate surface area is 83.9 Å². The largest absolute Gasteiger partial charge is 0.274 e. The summed E-state index contributed by atoms with van der Waals surface area (Å²) in [6.45, 7) is 1.86. The predicted molar refractivity (Wildman–Crippen MR) is 60.8 cm³/mol. The minimum absolute atomic E-state index is 0.768. The predicted octanol–water partition coefficient (Wildman–Crippen LogP) is 2.21. The van der Waals surface area contributed by atoms with Crippen molar-refractivity contribution < 1.29 is 0 Å². The zero-order chi connectivity index (χ0) is 10.2. The number of hydrogen-bond donors (Lipinski definition) is 0. The fraction of sp³-hybridized carbons (Fsp3) is 0.182. The quantitative estimate of drug-likeness (QED) is 0.516. The zero-order valence-electron chi connectivity index (χ0n) is 8.38. The number of hydrogen-bond acceptors (Lipinski definition) is 2. The molecule has 3 nitrogen and oxygen atoms in total. The fourth-order valence-electron chi connectivity index (χ4n) is 0.837. The van der Waals surface area contributed by atoms with Gasteiger partial charge in [-0.2, -0.15) is 0 Å². The molecule has 0 aromatic carbocycles. The number of pyridine rings is 1. The highest BCUT2D eigenvalue weighted by molar-refractivity contribution is 5.92. The van der Waals surface area contributed by atoms with Crippen LogP contribution in [-0.2, 0) is 0 Å². The highest BCUT2D eigenvalue weighted by Crippen LogP contribution is 1.97. The number of amidine groups is 1. The molecule has 0 bridgehead atoms. The van der Waals surface area contributed by atoms with Crippen molar-refractivity contribution in [1.82, 2.24) is 4.98 Å². The third-order valence-electron chi connectivity index (χ3n) is 1.67. The van der Waals surface area contributed by atoms with Crippen molar-refractivity contribution in [1.29, 1.82) is 0 Å². The molecule has 0 radical (unpaired) electrons. The third kappa shape index (κ3) is 3.76. The standard InChI is InChI=1S/C11H13N3/c1-10(12-2)14-7-3-4-11-5-8-13-9-6-11/h3-9H,1-2H3/b4-3+,12-10?,14-7?. The Morgan fingerprint density at radius 1 is 1.36 bits per heavy atom. The second kappa shape index (κ2) is 5.80. The van der Waals surface area contributed by atoms with E-state index >= 15 is 0 Å². The van der Waals surface area contributed by atoms with Crippen molar-refractivity contribution in [2.75, 3.05) is 7.05 Å². The summed E-state index contributed by atoms with van der Waals surface area (Å²) >= 11 is 0. The van der Waals surface area contributed by atoms with Gasteiger partial charge in [0.1, 0.15) is 5.84 Å². The molecule has 0 saturated carbocycles. The molecule has 0 fully saturated rings. The van der Waals surface area contributed by atoms with E-state index in [1.807, 2.05) is 31.2 Å². The lowest BCUT2D eigenvalue weighted by atomic mass is 10.2. The monoisotopic (exact) mass is 187 g/mol. The van der Waals surface area contributed by atoms with Crippen LogP contribution in [0.25, 0.3) is 6.08 Å². The van der Waals surface area contributed by atoms with E-state index in [1.54, 1.807) is 25.7 Å². The second-order valence-corrected chi connectivity index (χ2v) is 2.69. The molecular weight excluding hydrogens is 174 g/mol. The molecule has 0 saturated heterocycles. The van der Waals surface area contributed by atoms with Crippen molar-refractivity contribution in [3.63, 3.8) is 0 Å². The molecule has 3 heteroatoms. The van der Waals surface area contributed by atoms with Crippen LogP contribution in [0.1, 0.15) is 12.5 Å². The van der Waals surface area contributed by atoms with E-state index in [4.69, 9.17) is 0 Å². The summed E-state index contributed by atoms with van der Waals surface area (Å²) in [6.07, 6.45) is 9.09. The molecule has 14 heavy (non-hydrogen) atoms. The maximum Gasteiger partial charge on any atom is 0.119 e. The van der Waals surface area contributed by atoms with Crippen LogP contribution in [0.5, 0.6) is 0 Å². The van der Waals surface area contributed by atoms with Gasteiger partial charge in [0.15, 0.2) is 0 Å². The van der Waals surface area contributed by atoms with Gasteiger partial charge in [0, 0.05) is 25.7 Å². The van der Waals surface area contributed by atoms with Crippen molar-refractivity contribution >= 4 is 18.1 Å². The number of aromatic nitrogens is 1. The lowest BCUT2D eigenvalue weighted by molar-refractivity contribution is 1.32. The van der Waals surface area contributed by atoms with Crippen LogP contribution in [0.4, 0.5) is 0 Å². The Kier molecular flexibility index (Phi) is 4.27. The van der Waals surface area contributed by atoms with E-state index in [1.165, 1.54) is 0 Å². The van der Waals surface area contributed by atoms with Gasteiger partial charge in [-0.25, -0.2) is 4.99 Å². The Bertz CT molecular complexity index is 350. The fourth-order valence-corrected chi connectivity index (χ4v) is 0.837. The van der Waals surface area contributed by atoms with Crippen LogP contribution in [0.2, 0.25) is 0 Å². The van der Waals surface area contributed by atoms with Crippen molar-refractivity contribution in [2.24, 2.45) is 9.98 Å². The topological polar surface area (TPSA) is 37.6 Å². The highest BCUT2D eigenvalue weighted by Gasteiger charge is 1.81. The Balaban J connectivity index is 2.54. The smallest absolute Gasteiger partial charge is 0.119 e. The lowest BCUT2D eigenvalue weighted by Crippen LogP contribution is -1.83. The second-order valence-electron chi connectivity index (χ2n) is 2.69. The number of nitrogens with zero attached hydrogens (tertiary/aromatic N) is 3. The van der Waals surface area contributed by atoms with E-state index in [2.05, 4.69) is 15.0 Å². The van der Waals surface area contributed by atoms with Gasteiger partial charge >= 0.3 is 0 Å². The van der Waals surface area contributed by atoms with Gasteiger partial charge in [-0.05, 0) is 30.7 Å². The molecular formula is C11H13N3. The summed E-state index contributed by atoms with van der Waals surface area (Å²) in [6, 6.07) is 3.87.